The molecule has 19 heavy (non-hydrogen) atoms. The maximum atomic E-state index is 11.8. The highest BCUT2D eigenvalue weighted by atomic mass is 127. The van der Waals surface area contributed by atoms with Crippen LogP contribution >= 0.6 is 38.5 Å². The van der Waals surface area contributed by atoms with Crippen molar-refractivity contribution >= 4 is 55.8 Å². The molecule has 1 amide bonds. The Morgan fingerprint density at radius 3 is 2.21 bits per heavy atom. The minimum absolute atomic E-state index is 0.0686. The van der Waals surface area contributed by atoms with Crippen molar-refractivity contribution in [2.24, 2.45) is 0 Å². The second-order valence-corrected chi connectivity index (χ2v) is 6.08. The van der Waals surface area contributed by atoms with E-state index >= 15 is 0 Å². The topological polar surface area (TPSA) is 41.1 Å². The van der Waals surface area contributed by atoms with Gasteiger partial charge in [-0.2, -0.15) is 0 Å². The van der Waals surface area contributed by atoms with Crippen LogP contribution in [-0.4, -0.2) is 12.5 Å². The van der Waals surface area contributed by atoms with Gasteiger partial charge in [-0.1, -0.05) is 15.9 Å². The molecule has 0 heterocycles. The van der Waals surface area contributed by atoms with Gasteiger partial charge in [-0.15, -0.1) is 0 Å². The molecule has 0 aromatic heterocycles. The number of hydrogen-bond acceptors (Lipinski definition) is 2. The molecule has 0 saturated heterocycles. The Morgan fingerprint density at radius 1 is 1.00 bits per heavy atom. The molecule has 2 aromatic carbocycles. The first-order valence-electron chi connectivity index (χ1n) is 5.68. The second kappa shape index (κ2) is 6.91. The molecule has 0 radical (unpaired) electrons. The van der Waals surface area contributed by atoms with Gasteiger partial charge in [0.25, 0.3) is 0 Å². The molecule has 0 fully saturated rings. The summed E-state index contributed by atoms with van der Waals surface area (Å²) < 4.78 is 2.16. The smallest absolute Gasteiger partial charge is 0.243 e. The van der Waals surface area contributed by atoms with Crippen LogP contribution in [0.4, 0.5) is 11.4 Å². The Morgan fingerprint density at radius 2 is 1.58 bits per heavy atom. The summed E-state index contributed by atoms with van der Waals surface area (Å²) in [6.45, 7) is 0.247. The Hall–Kier alpha value is -1.08. The maximum Gasteiger partial charge on any atom is 0.243 e. The van der Waals surface area contributed by atoms with E-state index in [0.717, 1.165) is 15.8 Å². The normalized spacial score (nSPS) is 10.0. The second-order valence-electron chi connectivity index (χ2n) is 3.92. The SMILES string of the molecule is O=C(CNc1ccc(I)cc1)Nc1ccc(Br)cc1. The van der Waals surface area contributed by atoms with E-state index in [1.807, 2.05) is 48.5 Å². The number of halogens is 2. The summed E-state index contributed by atoms with van der Waals surface area (Å²) in [5, 5.41) is 5.91. The Balaban J connectivity index is 1.84. The van der Waals surface area contributed by atoms with E-state index in [-0.39, 0.29) is 12.5 Å². The summed E-state index contributed by atoms with van der Waals surface area (Å²) in [6, 6.07) is 15.4. The van der Waals surface area contributed by atoms with E-state index in [4.69, 9.17) is 0 Å². The molecular formula is C14H12BrIN2O. The van der Waals surface area contributed by atoms with Crippen LogP contribution in [0.3, 0.4) is 0 Å². The van der Waals surface area contributed by atoms with Gasteiger partial charge in [-0.05, 0) is 71.1 Å². The van der Waals surface area contributed by atoms with Gasteiger partial charge in [-0.25, -0.2) is 0 Å². The van der Waals surface area contributed by atoms with Gasteiger partial charge in [-0.3, -0.25) is 4.79 Å². The molecule has 0 aliphatic heterocycles. The lowest BCUT2D eigenvalue weighted by molar-refractivity contribution is -0.114. The minimum atomic E-state index is -0.0686. The number of carbonyl (C=O) groups excluding carboxylic acids is 1. The Labute approximate surface area is 134 Å². The van der Waals surface area contributed by atoms with Crippen LogP contribution in [0.25, 0.3) is 0 Å². The molecule has 0 bridgehead atoms. The van der Waals surface area contributed by atoms with Crippen molar-refractivity contribution in [3.63, 3.8) is 0 Å². The third kappa shape index (κ3) is 4.83. The lowest BCUT2D eigenvalue weighted by Gasteiger charge is -2.08. The molecule has 0 aliphatic carbocycles. The van der Waals surface area contributed by atoms with Crippen molar-refractivity contribution in [2.45, 2.75) is 0 Å². The van der Waals surface area contributed by atoms with Crippen LogP contribution in [0.15, 0.2) is 53.0 Å². The van der Waals surface area contributed by atoms with Crippen LogP contribution in [0.2, 0.25) is 0 Å². The fraction of sp³-hybridized carbons (Fsp3) is 0.0714. The lowest BCUT2D eigenvalue weighted by atomic mass is 10.3. The fourth-order valence-electron chi connectivity index (χ4n) is 1.49. The molecule has 2 aromatic rings. The highest BCUT2D eigenvalue weighted by molar-refractivity contribution is 14.1. The monoisotopic (exact) mass is 430 g/mol. The van der Waals surface area contributed by atoms with Gasteiger partial charge in [0.15, 0.2) is 0 Å². The number of hydrogen-bond donors (Lipinski definition) is 2. The van der Waals surface area contributed by atoms with Crippen LogP contribution < -0.4 is 10.6 Å². The molecule has 2 rings (SSSR count). The highest BCUT2D eigenvalue weighted by Crippen LogP contribution is 2.14. The van der Waals surface area contributed by atoms with Crippen LogP contribution in [0.5, 0.6) is 0 Å². The van der Waals surface area contributed by atoms with Gasteiger partial charge < -0.3 is 10.6 Å². The lowest BCUT2D eigenvalue weighted by Crippen LogP contribution is -2.21. The van der Waals surface area contributed by atoms with Gasteiger partial charge in [0, 0.05) is 19.4 Å². The number of anilines is 2. The number of carbonyl (C=O) groups is 1. The highest BCUT2D eigenvalue weighted by Gasteiger charge is 2.02. The molecule has 3 nitrogen and oxygen atoms in total. The summed E-state index contributed by atoms with van der Waals surface area (Å²) in [6.07, 6.45) is 0. The first-order valence-corrected chi connectivity index (χ1v) is 7.55. The molecule has 2 N–H and O–H groups in total. The summed E-state index contributed by atoms with van der Waals surface area (Å²) in [5.41, 5.74) is 1.73. The number of rotatable bonds is 4. The fourth-order valence-corrected chi connectivity index (χ4v) is 2.11. The van der Waals surface area contributed by atoms with Crippen molar-refractivity contribution in [2.75, 3.05) is 17.2 Å². The molecule has 0 aliphatic rings. The van der Waals surface area contributed by atoms with Crippen molar-refractivity contribution in [1.29, 1.82) is 0 Å². The van der Waals surface area contributed by atoms with Crippen LogP contribution in [-0.2, 0) is 4.79 Å². The Kier molecular flexibility index (Phi) is 5.21. The van der Waals surface area contributed by atoms with Crippen LogP contribution in [0, 0.1) is 3.57 Å². The largest absolute Gasteiger partial charge is 0.376 e. The van der Waals surface area contributed by atoms with E-state index in [2.05, 4.69) is 49.2 Å². The third-order valence-electron chi connectivity index (χ3n) is 2.43. The quantitative estimate of drug-likeness (QED) is 0.717. The maximum absolute atomic E-state index is 11.8. The first kappa shape index (κ1) is 14.3. The van der Waals surface area contributed by atoms with E-state index < -0.39 is 0 Å². The zero-order valence-electron chi connectivity index (χ0n) is 9.99. The standard InChI is InChI=1S/C14H12BrIN2O/c15-10-1-5-13(6-2-10)18-14(19)9-17-12-7-3-11(16)4-8-12/h1-8,17H,9H2,(H,18,19). The van der Waals surface area contributed by atoms with E-state index in [1.54, 1.807) is 0 Å². The summed E-state index contributed by atoms with van der Waals surface area (Å²) in [4.78, 5) is 11.8. The predicted octanol–water partition coefficient (Wildman–Crippen LogP) is 4.10. The van der Waals surface area contributed by atoms with Gasteiger partial charge in [0.05, 0.1) is 6.54 Å². The number of benzene rings is 2. The van der Waals surface area contributed by atoms with E-state index in [9.17, 15) is 4.79 Å². The molecule has 0 spiro atoms. The first-order chi connectivity index (χ1) is 9.13. The molecule has 0 atom stereocenters. The molecule has 98 valence electrons. The molecule has 5 heteroatoms. The summed E-state index contributed by atoms with van der Waals surface area (Å²) in [7, 11) is 0. The zero-order chi connectivity index (χ0) is 13.7. The van der Waals surface area contributed by atoms with Gasteiger partial charge in [0.1, 0.15) is 0 Å². The predicted molar refractivity (Wildman–Crippen MR) is 90.4 cm³/mol. The summed E-state index contributed by atoms with van der Waals surface area (Å²) >= 11 is 5.60. The van der Waals surface area contributed by atoms with E-state index in [0.29, 0.717) is 0 Å². The number of amides is 1. The molecule has 0 saturated carbocycles. The van der Waals surface area contributed by atoms with Gasteiger partial charge >= 0.3 is 0 Å². The Bertz CT molecular complexity index is 555. The molecule has 0 unspecified atom stereocenters. The minimum Gasteiger partial charge on any atom is -0.376 e. The van der Waals surface area contributed by atoms with Crippen molar-refractivity contribution in [3.8, 4) is 0 Å². The number of nitrogens with one attached hydrogen (secondary N) is 2. The average molecular weight is 431 g/mol. The average Bonchev–Trinajstić information content (AvgIpc) is 2.41. The summed E-state index contributed by atoms with van der Waals surface area (Å²) in [5.74, 6) is -0.0686. The van der Waals surface area contributed by atoms with E-state index in [1.165, 1.54) is 3.57 Å². The van der Waals surface area contributed by atoms with Gasteiger partial charge in [0.2, 0.25) is 5.91 Å². The third-order valence-corrected chi connectivity index (χ3v) is 3.67. The molecular weight excluding hydrogens is 419 g/mol. The van der Waals surface area contributed by atoms with Crippen LogP contribution in [0.1, 0.15) is 0 Å². The zero-order valence-corrected chi connectivity index (χ0v) is 13.7. The van der Waals surface area contributed by atoms with Crippen molar-refractivity contribution in [1.82, 2.24) is 0 Å². The van der Waals surface area contributed by atoms with Crippen molar-refractivity contribution in [3.05, 3.63) is 56.6 Å². The van der Waals surface area contributed by atoms with Crippen molar-refractivity contribution < 1.29 is 4.79 Å².